The third-order valence-corrected chi connectivity index (χ3v) is 2.98. The Morgan fingerprint density at radius 2 is 2.29 bits per heavy atom. The van der Waals surface area contributed by atoms with E-state index in [2.05, 4.69) is 15.0 Å². The van der Waals surface area contributed by atoms with E-state index in [1.54, 1.807) is 4.90 Å². The lowest BCUT2D eigenvalue weighted by molar-refractivity contribution is -0.154. The lowest BCUT2D eigenvalue weighted by Gasteiger charge is -2.31. The van der Waals surface area contributed by atoms with E-state index in [0.29, 0.717) is 19.6 Å². The van der Waals surface area contributed by atoms with Gasteiger partial charge in [0.05, 0.1) is 0 Å². The van der Waals surface area contributed by atoms with Crippen LogP contribution in [0.2, 0.25) is 0 Å². The minimum Gasteiger partial charge on any atom is -0.468 e. The van der Waals surface area contributed by atoms with E-state index in [0.717, 1.165) is 0 Å². The van der Waals surface area contributed by atoms with Crippen LogP contribution in [0.15, 0.2) is 18.2 Å². The van der Waals surface area contributed by atoms with Crippen molar-refractivity contribution in [3.8, 4) is 5.88 Å². The molecule has 1 atom stereocenters. The second-order valence-electron chi connectivity index (χ2n) is 4.87. The van der Waals surface area contributed by atoms with Crippen LogP contribution in [0.25, 0.3) is 0 Å². The SMILES string of the molecule is C[C@@H]1CN(C(=O)c2cccc(OCC(F)(F)F)n2)CCN1. The molecule has 1 N–H and O–H groups in total. The van der Waals surface area contributed by atoms with Crippen molar-refractivity contribution in [2.75, 3.05) is 26.2 Å². The smallest absolute Gasteiger partial charge is 0.422 e. The molecule has 1 saturated heterocycles. The molecule has 0 radical (unpaired) electrons. The van der Waals surface area contributed by atoms with Gasteiger partial charge >= 0.3 is 6.18 Å². The Hall–Kier alpha value is -1.83. The molecule has 1 aromatic heterocycles. The van der Waals surface area contributed by atoms with Gasteiger partial charge in [0.25, 0.3) is 5.91 Å². The van der Waals surface area contributed by atoms with Gasteiger partial charge in [-0.3, -0.25) is 4.79 Å². The fourth-order valence-corrected chi connectivity index (χ4v) is 2.05. The average molecular weight is 303 g/mol. The van der Waals surface area contributed by atoms with Crippen LogP contribution in [0.1, 0.15) is 17.4 Å². The lowest BCUT2D eigenvalue weighted by atomic mass is 10.2. The summed E-state index contributed by atoms with van der Waals surface area (Å²) in [5.74, 6) is -0.512. The number of rotatable bonds is 3. The van der Waals surface area contributed by atoms with Gasteiger partial charge in [-0.05, 0) is 13.0 Å². The summed E-state index contributed by atoms with van der Waals surface area (Å²) in [6, 6.07) is 4.39. The van der Waals surface area contributed by atoms with Gasteiger partial charge in [-0.1, -0.05) is 6.07 Å². The molecule has 0 aliphatic carbocycles. The third-order valence-electron chi connectivity index (χ3n) is 2.98. The quantitative estimate of drug-likeness (QED) is 0.918. The molecule has 1 aromatic rings. The van der Waals surface area contributed by atoms with Crippen molar-refractivity contribution >= 4 is 5.91 Å². The maximum Gasteiger partial charge on any atom is 0.422 e. The summed E-state index contributed by atoms with van der Waals surface area (Å²) >= 11 is 0. The number of nitrogens with one attached hydrogen (secondary N) is 1. The van der Waals surface area contributed by atoms with Crippen LogP contribution in [0.4, 0.5) is 13.2 Å². The number of halogens is 3. The van der Waals surface area contributed by atoms with Crippen molar-refractivity contribution in [1.82, 2.24) is 15.2 Å². The zero-order valence-electron chi connectivity index (χ0n) is 11.5. The van der Waals surface area contributed by atoms with Crippen molar-refractivity contribution in [3.05, 3.63) is 23.9 Å². The highest BCUT2D eigenvalue weighted by Gasteiger charge is 2.29. The number of amides is 1. The van der Waals surface area contributed by atoms with Crippen molar-refractivity contribution in [2.24, 2.45) is 0 Å². The number of pyridine rings is 1. The highest BCUT2D eigenvalue weighted by molar-refractivity contribution is 5.92. The number of hydrogen-bond acceptors (Lipinski definition) is 4. The first kappa shape index (κ1) is 15.6. The Kier molecular flexibility index (Phi) is 4.66. The maximum atomic E-state index is 12.3. The zero-order chi connectivity index (χ0) is 15.5. The molecule has 1 amide bonds. The van der Waals surface area contributed by atoms with Crippen LogP contribution < -0.4 is 10.1 Å². The Morgan fingerprint density at radius 1 is 1.52 bits per heavy atom. The Labute approximate surface area is 120 Å². The van der Waals surface area contributed by atoms with E-state index >= 15 is 0 Å². The van der Waals surface area contributed by atoms with Gasteiger partial charge in [0.15, 0.2) is 6.61 Å². The summed E-state index contributed by atoms with van der Waals surface area (Å²) in [5, 5.41) is 3.20. The summed E-state index contributed by atoms with van der Waals surface area (Å²) < 4.78 is 40.8. The highest BCUT2D eigenvalue weighted by Crippen LogP contribution is 2.17. The number of aromatic nitrogens is 1. The summed E-state index contributed by atoms with van der Waals surface area (Å²) in [7, 11) is 0. The predicted octanol–water partition coefficient (Wildman–Crippen LogP) is 1.46. The Balaban J connectivity index is 2.04. The van der Waals surface area contributed by atoms with Crippen LogP contribution in [0, 0.1) is 0 Å². The second-order valence-corrected chi connectivity index (χ2v) is 4.87. The molecule has 0 aromatic carbocycles. The highest BCUT2D eigenvalue weighted by atomic mass is 19.4. The van der Waals surface area contributed by atoms with Crippen molar-refractivity contribution in [2.45, 2.75) is 19.1 Å². The van der Waals surface area contributed by atoms with Crippen molar-refractivity contribution in [1.29, 1.82) is 0 Å². The van der Waals surface area contributed by atoms with Crippen molar-refractivity contribution < 1.29 is 22.7 Å². The molecule has 21 heavy (non-hydrogen) atoms. The van der Waals surface area contributed by atoms with Gasteiger partial charge in [-0.15, -0.1) is 0 Å². The van der Waals surface area contributed by atoms with Gasteiger partial charge in [0.2, 0.25) is 5.88 Å². The normalized spacial score (nSPS) is 19.4. The van der Waals surface area contributed by atoms with E-state index in [-0.39, 0.29) is 23.5 Å². The molecule has 1 aliphatic rings. The van der Waals surface area contributed by atoms with E-state index in [1.807, 2.05) is 6.92 Å². The molecule has 0 saturated carbocycles. The van der Waals surface area contributed by atoms with Crippen LogP contribution in [0.5, 0.6) is 5.88 Å². The molecule has 0 bridgehead atoms. The van der Waals surface area contributed by atoms with E-state index < -0.39 is 12.8 Å². The van der Waals surface area contributed by atoms with Gasteiger partial charge in [0, 0.05) is 31.7 Å². The van der Waals surface area contributed by atoms with E-state index in [4.69, 9.17) is 0 Å². The molecule has 116 valence electrons. The van der Waals surface area contributed by atoms with Gasteiger partial charge in [-0.2, -0.15) is 13.2 Å². The van der Waals surface area contributed by atoms with Crippen LogP contribution in [-0.4, -0.2) is 54.3 Å². The number of carbonyl (C=O) groups is 1. The standard InChI is InChI=1S/C13H16F3N3O2/c1-9-7-19(6-5-17-9)12(20)10-3-2-4-11(18-10)21-8-13(14,15)16/h2-4,9,17H,5-8H2,1H3/t9-/m1/s1. The molecule has 2 rings (SSSR count). The molecular formula is C13H16F3N3O2. The third kappa shape index (κ3) is 4.59. The first-order chi connectivity index (χ1) is 9.85. The van der Waals surface area contributed by atoms with Gasteiger partial charge in [0.1, 0.15) is 5.69 Å². The van der Waals surface area contributed by atoms with E-state index in [9.17, 15) is 18.0 Å². The number of nitrogens with zero attached hydrogens (tertiary/aromatic N) is 2. The number of carbonyl (C=O) groups excluding carboxylic acids is 1. The first-order valence-corrected chi connectivity index (χ1v) is 6.54. The van der Waals surface area contributed by atoms with Gasteiger partial charge in [-0.25, -0.2) is 4.98 Å². The molecule has 8 heteroatoms. The second kappa shape index (κ2) is 6.30. The Bertz CT molecular complexity index is 508. The largest absolute Gasteiger partial charge is 0.468 e. The molecule has 1 fully saturated rings. The van der Waals surface area contributed by atoms with Crippen LogP contribution in [0.3, 0.4) is 0 Å². The topological polar surface area (TPSA) is 54.5 Å². The zero-order valence-corrected chi connectivity index (χ0v) is 11.5. The summed E-state index contributed by atoms with van der Waals surface area (Å²) in [6.07, 6.45) is -4.43. The molecule has 1 aliphatic heterocycles. The molecule has 0 spiro atoms. The molecule has 2 heterocycles. The molecule has 5 nitrogen and oxygen atoms in total. The minimum atomic E-state index is -4.43. The van der Waals surface area contributed by atoms with Gasteiger partial charge < -0.3 is 15.0 Å². The summed E-state index contributed by atoms with van der Waals surface area (Å²) in [6.45, 7) is 2.28. The number of hydrogen-bond donors (Lipinski definition) is 1. The monoisotopic (exact) mass is 303 g/mol. The minimum absolute atomic E-state index is 0.0868. The summed E-state index contributed by atoms with van der Waals surface area (Å²) in [5.41, 5.74) is 0.0868. The maximum absolute atomic E-state index is 12.3. The first-order valence-electron chi connectivity index (χ1n) is 6.54. The Morgan fingerprint density at radius 3 is 2.95 bits per heavy atom. The van der Waals surface area contributed by atoms with Crippen LogP contribution in [-0.2, 0) is 0 Å². The average Bonchev–Trinajstić information content (AvgIpc) is 2.44. The van der Waals surface area contributed by atoms with E-state index in [1.165, 1.54) is 18.2 Å². The molecule has 0 unspecified atom stereocenters. The number of ether oxygens (including phenoxy) is 1. The predicted molar refractivity (Wildman–Crippen MR) is 69.2 cm³/mol. The number of alkyl halides is 3. The summed E-state index contributed by atoms with van der Waals surface area (Å²) in [4.78, 5) is 17.7. The lowest BCUT2D eigenvalue weighted by Crippen LogP contribution is -2.51. The van der Waals surface area contributed by atoms with Crippen LogP contribution >= 0.6 is 0 Å². The fraction of sp³-hybridized carbons (Fsp3) is 0.538. The van der Waals surface area contributed by atoms with Crippen molar-refractivity contribution in [3.63, 3.8) is 0 Å². The molecular weight excluding hydrogens is 287 g/mol. The number of piperazine rings is 1. The fourth-order valence-electron chi connectivity index (χ4n) is 2.05.